The highest BCUT2D eigenvalue weighted by molar-refractivity contribution is 7.92. The molecular weight excluding hydrogens is 688 g/mol. The number of anilines is 3. The molecule has 264 valence electrons. The molecular formula is C33H37ClF4N6O4S. The van der Waals surface area contributed by atoms with Crippen LogP contribution in [0.2, 0.25) is 5.02 Å². The van der Waals surface area contributed by atoms with E-state index in [-0.39, 0.29) is 41.3 Å². The fraction of sp³-hybridized carbons (Fsp3) is 0.394. The Labute approximate surface area is 288 Å². The standard InChI is InChI=1S/C33H37ClF4N6O4S/c1-42(2)29-19-43(23-7-5-6-22(14-23)33(36,37)38)13-11-27(29)41-28-17-26(35)31(16-25(28)34)49(45,46)44(32-10-12-39-20-40-32)18-21-8-9-24(47-3)15-30(21)48-4/h5-8,10,12,14-17,20,24,27,29,41H,9,11,13,18-19H2,1-4H3/t24?,27?,29-/m0/s1. The lowest BCUT2D eigenvalue weighted by Crippen LogP contribution is -2.56. The van der Waals surface area contributed by atoms with Crippen LogP contribution in [0.15, 0.2) is 83.4 Å². The molecule has 1 aliphatic carbocycles. The lowest BCUT2D eigenvalue weighted by molar-refractivity contribution is -0.137. The average Bonchev–Trinajstić information content (AvgIpc) is 3.08. The van der Waals surface area contributed by atoms with E-state index in [1.807, 2.05) is 23.9 Å². The van der Waals surface area contributed by atoms with Gasteiger partial charge in [0, 0.05) is 55.8 Å². The van der Waals surface area contributed by atoms with Gasteiger partial charge in [-0.2, -0.15) is 13.2 Å². The molecule has 0 amide bonds. The van der Waals surface area contributed by atoms with Gasteiger partial charge in [0.15, 0.2) is 0 Å². The minimum absolute atomic E-state index is 0.0132. The number of nitrogens with zero attached hydrogens (tertiary/aromatic N) is 5. The Hall–Kier alpha value is -3.92. The summed E-state index contributed by atoms with van der Waals surface area (Å²) in [4.78, 5) is 11.2. The van der Waals surface area contributed by atoms with Gasteiger partial charge in [0.25, 0.3) is 10.0 Å². The first-order valence-corrected chi connectivity index (χ1v) is 17.2. The minimum Gasteiger partial charge on any atom is -0.497 e. The zero-order valence-corrected chi connectivity index (χ0v) is 28.9. The van der Waals surface area contributed by atoms with Crippen LogP contribution in [0.25, 0.3) is 0 Å². The van der Waals surface area contributed by atoms with Gasteiger partial charge in [-0.05, 0) is 63.3 Å². The van der Waals surface area contributed by atoms with Gasteiger partial charge in [-0.25, -0.2) is 27.1 Å². The van der Waals surface area contributed by atoms with Crippen LogP contribution in [0.5, 0.6) is 0 Å². The van der Waals surface area contributed by atoms with Crippen molar-refractivity contribution in [2.75, 3.05) is 62.5 Å². The summed E-state index contributed by atoms with van der Waals surface area (Å²) in [6, 6.07) is 8.18. The van der Waals surface area contributed by atoms with Crippen LogP contribution in [-0.2, 0) is 25.7 Å². The second kappa shape index (κ2) is 14.9. The molecule has 3 aromatic rings. The summed E-state index contributed by atoms with van der Waals surface area (Å²) in [7, 11) is 2.13. The molecule has 2 heterocycles. The predicted octanol–water partition coefficient (Wildman–Crippen LogP) is 5.98. The van der Waals surface area contributed by atoms with Crippen LogP contribution in [-0.4, -0.2) is 89.4 Å². The maximum absolute atomic E-state index is 15.9. The number of likely N-dealkylation sites (N-methyl/N-ethyl adjacent to an activating group) is 1. The number of aromatic nitrogens is 2. The topological polar surface area (TPSA) is 100 Å². The van der Waals surface area contributed by atoms with E-state index in [2.05, 4.69) is 15.3 Å². The average molecular weight is 725 g/mol. The normalized spacial score (nSPS) is 20.1. The Balaban J connectivity index is 1.40. The predicted molar refractivity (Wildman–Crippen MR) is 180 cm³/mol. The molecule has 0 spiro atoms. The van der Waals surface area contributed by atoms with Crippen molar-refractivity contribution in [1.29, 1.82) is 0 Å². The highest BCUT2D eigenvalue weighted by Gasteiger charge is 2.36. The summed E-state index contributed by atoms with van der Waals surface area (Å²) in [5.41, 5.74) is 0.436. The first-order chi connectivity index (χ1) is 23.2. The highest BCUT2D eigenvalue weighted by atomic mass is 35.5. The molecule has 0 saturated carbocycles. The van der Waals surface area contributed by atoms with Gasteiger partial charge in [-0.15, -0.1) is 0 Å². The summed E-state index contributed by atoms with van der Waals surface area (Å²) in [6.45, 7) is 0.579. The van der Waals surface area contributed by atoms with Crippen molar-refractivity contribution in [3.05, 3.63) is 94.9 Å². The molecule has 3 atom stereocenters. The first-order valence-electron chi connectivity index (χ1n) is 15.3. The largest absolute Gasteiger partial charge is 0.497 e. The molecule has 2 aliphatic rings. The van der Waals surface area contributed by atoms with E-state index < -0.39 is 32.5 Å². The maximum Gasteiger partial charge on any atom is 0.416 e. The third-order valence-electron chi connectivity index (χ3n) is 8.62. The summed E-state index contributed by atoms with van der Waals surface area (Å²) in [5.74, 6) is -0.604. The van der Waals surface area contributed by atoms with Crippen molar-refractivity contribution < 1.29 is 35.5 Å². The van der Waals surface area contributed by atoms with Gasteiger partial charge in [0.1, 0.15) is 28.6 Å². The van der Waals surface area contributed by atoms with Crippen molar-refractivity contribution in [2.24, 2.45) is 0 Å². The number of benzene rings is 2. The molecule has 2 aromatic carbocycles. The maximum atomic E-state index is 15.9. The van der Waals surface area contributed by atoms with Crippen LogP contribution >= 0.6 is 11.6 Å². The van der Waals surface area contributed by atoms with Gasteiger partial charge < -0.3 is 24.6 Å². The number of hydrogen-bond donors (Lipinski definition) is 1. The van der Waals surface area contributed by atoms with E-state index in [4.69, 9.17) is 21.1 Å². The Morgan fingerprint density at radius 1 is 1.14 bits per heavy atom. The number of halogens is 5. The molecule has 0 bridgehead atoms. The van der Waals surface area contributed by atoms with Gasteiger partial charge in [0.2, 0.25) is 0 Å². The minimum atomic E-state index is -4.58. The molecule has 16 heteroatoms. The molecule has 1 fully saturated rings. The number of sulfonamides is 1. The summed E-state index contributed by atoms with van der Waals surface area (Å²) in [6.07, 6.45) is 2.35. The van der Waals surface area contributed by atoms with Crippen molar-refractivity contribution in [3.63, 3.8) is 0 Å². The third kappa shape index (κ3) is 8.11. The molecule has 1 aliphatic heterocycles. The molecule has 10 nitrogen and oxygen atoms in total. The van der Waals surface area contributed by atoms with E-state index >= 15 is 4.39 Å². The van der Waals surface area contributed by atoms with Crippen LogP contribution in [0.3, 0.4) is 0 Å². The Bertz CT molecular complexity index is 1810. The lowest BCUT2D eigenvalue weighted by Gasteiger charge is -2.43. The molecule has 1 saturated heterocycles. The number of ether oxygens (including phenoxy) is 2. The molecule has 1 N–H and O–H groups in total. The van der Waals surface area contributed by atoms with Gasteiger partial charge >= 0.3 is 6.18 Å². The smallest absolute Gasteiger partial charge is 0.416 e. The van der Waals surface area contributed by atoms with Gasteiger partial charge in [-0.1, -0.05) is 23.7 Å². The number of nitrogens with one attached hydrogen (secondary N) is 1. The van der Waals surface area contributed by atoms with E-state index in [0.29, 0.717) is 43.0 Å². The number of piperidine rings is 1. The summed E-state index contributed by atoms with van der Waals surface area (Å²) < 4.78 is 96.2. The van der Waals surface area contributed by atoms with E-state index in [9.17, 15) is 21.6 Å². The fourth-order valence-electron chi connectivity index (χ4n) is 5.98. The van der Waals surface area contributed by atoms with Crippen LogP contribution in [0.1, 0.15) is 18.4 Å². The van der Waals surface area contributed by atoms with Crippen molar-refractivity contribution in [3.8, 4) is 0 Å². The quantitative estimate of drug-likeness (QED) is 0.240. The summed E-state index contributed by atoms with van der Waals surface area (Å²) >= 11 is 6.64. The van der Waals surface area contributed by atoms with Crippen molar-refractivity contribution in [1.82, 2.24) is 14.9 Å². The zero-order valence-electron chi connectivity index (χ0n) is 27.3. The highest BCUT2D eigenvalue weighted by Crippen LogP contribution is 2.36. The molecule has 2 unspecified atom stereocenters. The number of alkyl halides is 3. The second-order valence-corrected chi connectivity index (χ2v) is 14.1. The summed E-state index contributed by atoms with van der Waals surface area (Å²) in [5, 5.41) is 3.23. The van der Waals surface area contributed by atoms with E-state index in [1.54, 1.807) is 25.3 Å². The first kappa shape index (κ1) is 36.4. The Morgan fingerprint density at radius 3 is 2.57 bits per heavy atom. The van der Waals surface area contributed by atoms with Crippen LogP contribution < -0.4 is 14.5 Å². The van der Waals surface area contributed by atoms with Gasteiger partial charge in [-0.3, -0.25) is 0 Å². The third-order valence-corrected chi connectivity index (χ3v) is 10.7. The monoisotopic (exact) mass is 724 g/mol. The van der Waals surface area contributed by atoms with E-state index in [1.165, 1.54) is 31.8 Å². The van der Waals surface area contributed by atoms with Crippen molar-refractivity contribution in [2.45, 2.75) is 42.1 Å². The number of hydrogen-bond acceptors (Lipinski definition) is 9. The number of methoxy groups -OCH3 is 2. The van der Waals surface area contributed by atoms with Crippen molar-refractivity contribution >= 4 is 38.8 Å². The van der Waals surface area contributed by atoms with E-state index in [0.717, 1.165) is 28.6 Å². The van der Waals surface area contributed by atoms with Gasteiger partial charge in [0.05, 0.1) is 36.0 Å². The second-order valence-electron chi connectivity index (χ2n) is 11.9. The molecule has 49 heavy (non-hydrogen) atoms. The molecule has 0 radical (unpaired) electrons. The van der Waals surface area contributed by atoms with Crippen LogP contribution in [0, 0.1) is 5.82 Å². The number of rotatable bonds is 11. The molecule has 1 aromatic heterocycles. The zero-order chi connectivity index (χ0) is 35.5. The molecule has 5 rings (SSSR count). The Morgan fingerprint density at radius 2 is 1.92 bits per heavy atom. The lowest BCUT2D eigenvalue weighted by atomic mass is 9.97. The van der Waals surface area contributed by atoms with Crippen LogP contribution in [0.4, 0.5) is 34.8 Å². The SMILES string of the molecule is COC1=CC(OC)CC=C1CN(c1ccncn1)S(=O)(=O)c1cc(Cl)c(NC2CCN(c3cccc(C(F)(F)F)c3)C[C@@H]2N(C)C)cc1F. The Kier molecular flexibility index (Phi) is 11.1. The fourth-order valence-corrected chi connectivity index (χ4v) is 7.73.